The minimum atomic E-state index is -0.827. The second kappa shape index (κ2) is 6.69. The average Bonchev–Trinajstić information content (AvgIpc) is 2.64. The van der Waals surface area contributed by atoms with Gasteiger partial charge >= 0.3 is 0 Å². The molecule has 0 radical (unpaired) electrons. The van der Waals surface area contributed by atoms with Gasteiger partial charge in [-0.15, -0.1) is 0 Å². The Hall–Kier alpha value is -1.22. The number of hydrogen-bond donors (Lipinski definition) is 0. The molecule has 2 nitrogen and oxygen atoms in total. The number of benzene rings is 1. The Balaban J connectivity index is 2.43. The van der Waals surface area contributed by atoms with Crippen molar-refractivity contribution >= 4 is 5.78 Å². The molecule has 0 unspecified atom stereocenters. The monoisotopic (exact) mass is 292 g/mol. The molecule has 1 saturated carbocycles. The third-order valence-corrected chi connectivity index (χ3v) is 4.40. The molecule has 0 heterocycles. The zero-order valence-electron chi connectivity index (χ0n) is 13.3. The van der Waals surface area contributed by atoms with Crippen LogP contribution in [0.4, 0.5) is 4.39 Å². The van der Waals surface area contributed by atoms with E-state index in [-0.39, 0.29) is 11.3 Å². The van der Waals surface area contributed by atoms with Gasteiger partial charge in [0.15, 0.2) is 5.78 Å². The molecule has 0 amide bonds. The van der Waals surface area contributed by atoms with Crippen LogP contribution in [0.2, 0.25) is 0 Å². The van der Waals surface area contributed by atoms with E-state index >= 15 is 0 Å². The van der Waals surface area contributed by atoms with E-state index in [1.807, 2.05) is 19.9 Å². The quantitative estimate of drug-likeness (QED) is 0.591. The van der Waals surface area contributed by atoms with Crippen LogP contribution in [-0.2, 0) is 4.74 Å². The number of Topliss-reactive ketones (excluding diaryl/α,β-unsaturated/α-hetero) is 1. The second-order valence-corrected chi connectivity index (χ2v) is 6.11. The summed E-state index contributed by atoms with van der Waals surface area (Å²) in [5.41, 5.74) is 0.941. The van der Waals surface area contributed by atoms with Crippen molar-refractivity contribution in [2.24, 2.45) is 0 Å². The molecule has 0 bridgehead atoms. The van der Waals surface area contributed by atoms with Crippen LogP contribution in [0.25, 0.3) is 0 Å². The number of ether oxygens (including phenoxy) is 1. The second-order valence-electron chi connectivity index (χ2n) is 6.11. The van der Waals surface area contributed by atoms with E-state index in [9.17, 15) is 9.18 Å². The van der Waals surface area contributed by atoms with E-state index in [4.69, 9.17) is 4.74 Å². The Morgan fingerprint density at radius 2 is 1.81 bits per heavy atom. The summed E-state index contributed by atoms with van der Waals surface area (Å²) in [5.74, 6) is -0.581. The van der Waals surface area contributed by atoms with Gasteiger partial charge in [0.25, 0.3) is 0 Å². The first-order valence-electron chi connectivity index (χ1n) is 7.95. The van der Waals surface area contributed by atoms with E-state index < -0.39 is 11.4 Å². The number of aryl methyl sites for hydroxylation is 2. The van der Waals surface area contributed by atoms with Crippen molar-refractivity contribution in [3.05, 3.63) is 34.6 Å². The van der Waals surface area contributed by atoms with E-state index in [2.05, 4.69) is 0 Å². The largest absolute Gasteiger partial charge is 0.367 e. The van der Waals surface area contributed by atoms with Crippen LogP contribution in [0.5, 0.6) is 0 Å². The van der Waals surface area contributed by atoms with E-state index in [0.717, 1.165) is 31.2 Å². The Bertz CT molecular complexity index is 491. The van der Waals surface area contributed by atoms with Gasteiger partial charge in [-0.3, -0.25) is 4.79 Å². The van der Waals surface area contributed by atoms with Crippen LogP contribution >= 0.6 is 0 Å². The number of carbonyl (C=O) groups excluding carboxylic acids is 1. The molecule has 0 N–H and O–H groups in total. The highest BCUT2D eigenvalue weighted by Crippen LogP contribution is 2.35. The SMILES string of the molecule is CCOC1(C(=O)c2c(C)cc(C)cc2F)CCCCCC1. The van der Waals surface area contributed by atoms with E-state index in [0.29, 0.717) is 25.0 Å². The number of carbonyl (C=O) groups is 1. The molecule has 0 spiro atoms. The summed E-state index contributed by atoms with van der Waals surface area (Å²) in [6.07, 6.45) is 5.59. The first-order chi connectivity index (χ1) is 10.00. The first kappa shape index (κ1) is 16.2. The molecule has 21 heavy (non-hydrogen) atoms. The number of rotatable bonds is 4. The Morgan fingerprint density at radius 1 is 1.19 bits per heavy atom. The lowest BCUT2D eigenvalue weighted by atomic mass is 9.83. The molecule has 0 aromatic heterocycles. The topological polar surface area (TPSA) is 26.3 Å². The smallest absolute Gasteiger partial charge is 0.197 e. The highest BCUT2D eigenvalue weighted by molar-refractivity contribution is 6.04. The lowest BCUT2D eigenvalue weighted by Gasteiger charge is -2.31. The van der Waals surface area contributed by atoms with Crippen LogP contribution in [-0.4, -0.2) is 18.0 Å². The number of hydrogen-bond acceptors (Lipinski definition) is 2. The summed E-state index contributed by atoms with van der Waals surface area (Å²) >= 11 is 0. The molecule has 1 fully saturated rings. The maximum Gasteiger partial charge on any atom is 0.197 e. The molecule has 0 atom stereocenters. The fraction of sp³-hybridized carbons (Fsp3) is 0.611. The average molecular weight is 292 g/mol. The maximum absolute atomic E-state index is 14.4. The van der Waals surface area contributed by atoms with Gasteiger partial charge in [-0.1, -0.05) is 31.7 Å². The molecule has 1 aromatic carbocycles. The highest BCUT2D eigenvalue weighted by Gasteiger charge is 2.41. The van der Waals surface area contributed by atoms with Crippen molar-refractivity contribution in [1.29, 1.82) is 0 Å². The summed E-state index contributed by atoms with van der Waals surface area (Å²) in [5, 5.41) is 0. The van der Waals surface area contributed by atoms with Crippen molar-refractivity contribution in [2.75, 3.05) is 6.61 Å². The van der Waals surface area contributed by atoms with Gasteiger partial charge in [0.05, 0.1) is 5.56 Å². The van der Waals surface area contributed by atoms with Gasteiger partial charge in [-0.05, 0) is 50.8 Å². The van der Waals surface area contributed by atoms with Crippen LogP contribution in [0.3, 0.4) is 0 Å². The lowest BCUT2D eigenvalue weighted by molar-refractivity contribution is -0.0295. The van der Waals surface area contributed by atoms with Crippen molar-refractivity contribution < 1.29 is 13.9 Å². The standard InChI is InChI=1S/C18H25FO2/c1-4-21-18(9-7-5-6-8-10-18)17(20)16-14(3)11-13(2)12-15(16)19/h11-12H,4-10H2,1-3H3. The van der Waals surface area contributed by atoms with Crippen LogP contribution in [0.1, 0.15) is 66.9 Å². The van der Waals surface area contributed by atoms with Gasteiger partial charge in [0.2, 0.25) is 0 Å². The Morgan fingerprint density at radius 3 is 2.33 bits per heavy atom. The van der Waals surface area contributed by atoms with Crippen molar-refractivity contribution in [3.8, 4) is 0 Å². The minimum absolute atomic E-state index is 0.166. The van der Waals surface area contributed by atoms with Gasteiger partial charge in [-0.2, -0.15) is 0 Å². The fourth-order valence-corrected chi connectivity index (χ4v) is 3.44. The van der Waals surface area contributed by atoms with Crippen LogP contribution in [0.15, 0.2) is 12.1 Å². The molecule has 2 rings (SSSR count). The summed E-state index contributed by atoms with van der Waals surface area (Å²) in [6, 6.07) is 3.31. The zero-order valence-corrected chi connectivity index (χ0v) is 13.3. The van der Waals surface area contributed by atoms with Gasteiger partial charge in [-0.25, -0.2) is 4.39 Å². The Kier molecular flexibility index (Phi) is 5.15. The minimum Gasteiger partial charge on any atom is -0.367 e. The molecule has 1 aliphatic rings. The molecular weight excluding hydrogens is 267 g/mol. The number of ketones is 1. The predicted octanol–water partition coefficient (Wildman–Crippen LogP) is 4.75. The van der Waals surface area contributed by atoms with Crippen molar-refractivity contribution in [2.45, 2.75) is 64.9 Å². The van der Waals surface area contributed by atoms with Crippen molar-refractivity contribution in [1.82, 2.24) is 0 Å². The maximum atomic E-state index is 14.4. The highest BCUT2D eigenvalue weighted by atomic mass is 19.1. The van der Waals surface area contributed by atoms with Gasteiger partial charge in [0, 0.05) is 6.61 Å². The molecular formula is C18H25FO2. The molecule has 116 valence electrons. The van der Waals surface area contributed by atoms with E-state index in [1.54, 1.807) is 6.92 Å². The van der Waals surface area contributed by atoms with Crippen LogP contribution < -0.4 is 0 Å². The van der Waals surface area contributed by atoms with Crippen LogP contribution in [0, 0.1) is 19.7 Å². The summed E-state index contributed by atoms with van der Waals surface area (Å²) in [6.45, 7) is 6.03. The zero-order chi connectivity index (χ0) is 15.5. The van der Waals surface area contributed by atoms with Gasteiger partial charge < -0.3 is 4.74 Å². The number of halogens is 1. The Labute approximate surface area is 126 Å². The molecule has 1 aromatic rings. The summed E-state index contributed by atoms with van der Waals surface area (Å²) < 4.78 is 20.2. The fourth-order valence-electron chi connectivity index (χ4n) is 3.44. The van der Waals surface area contributed by atoms with Crippen molar-refractivity contribution in [3.63, 3.8) is 0 Å². The molecule has 3 heteroatoms. The lowest BCUT2D eigenvalue weighted by Crippen LogP contribution is -2.42. The molecule has 0 aliphatic heterocycles. The summed E-state index contributed by atoms with van der Waals surface area (Å²) in [7, 11) is 0. The molecule has 1 aliphatic carbocycles. The normalized spacial score (nSPS) is 18.3. The summed E-state index contributed by atoms with van der Waals surface area (Å²) in [4.78, 5) is 13.1. The van der Waals surface area contributed by atoms with Gasteiger partial charge in [0.1, 0.15) is 11.4 Å². The third kappa shape index (κ3) is 3.34. The predicted molar refractivity (Wildman–Crippen MR) is 82.3 cm³/mol. The molecule has 0 saturated heterocycles. The van der Waals surface area contributed by atoms with E-state index in [1.165, 1.54) is 6.07 Å². The first-order valence-corrected chi connectivity index (χ1v) is 7.95. The third-order valence-electron chi connectivity index (χ3n) is 4.40.